The van der Waals surface area contributed by atoms with Crippen molar-refractivity contribution < 1.29 is 39.3 Å². The average Bonchev–Trinajstić information content (AvgIpc) is 2.70. The summed E-state index contributed by atoms with van der Waals surface area (Å²) in [5, 5.41) is 34.9. The topological polar surface area (TPSA) is 208 Å². The van der Waals surface area contributed by atoms with E-state index in [0.29, 0.717) is 12.2 Å². The molecule has 8 N–H and O–H groups in total. The van der Waals surface area contributed by atoms with E-state index < -0.39 is 66.4 Å². The molecule has 5 atom stereocenters. The molecule has 3 amide bonds. The number of amides is 3. The van der Waals surface area contributed by atoms with Gasteiger partial charge in [0.15, 0.2) is 6.04 Å². The van der Waals surface area contributed by atoms with Gasteiger partial charge in [-0.15, -0.1) is 0 Å². The van der Waals surface area contributed by atoms with E-state index >= 15 is 0 Å². The molecule has 0 aromatic heterocycles. The van der Waals surface area contributed by atoms with Crippen molar-refractivity contribution in [1.29, 1.82) is 0 Å². The van der Waals surface area contributed by atoms with Crippen LogP contribution in [0.3, 0.4) is 0 Å². The summed E-state index contributed by atoms with van der Waals surface area (Å²) in [6, 6.07) is -4.91. The zero-order valence-electron chi connectivity index (χ0n) is 19.4. The molecule has 0 aliphatic heterocycles. The number of carbonyl (C=O) groups excluding carboxylic acids is 3. The van der Waals surface area contributed by atoms with Crippen LogP contribution >= 0.6 is 11.8 Å². The largest absolute Gasteiger partial charge is 0.481 e. The number of hydrogen-bond donors (Lipinski definition) is 7. The number of rotatable bonds is 16. The van der Waals surface area contributed by atoms with Crippen molar-refractivity contribution >= 4 is 41.4 Å². The molecule has 13 heteroatoms. The third-order valence-corrected chi connectivity index (χ3v) is 5.28. The molecule has 0 unspecified atom stereocenters. The van der Waals surface area contributed by atoms with Crippen molar-refractivity contribution in [3.63, 3.8) is 0 Å². The van der Waals surface area contributed by atoms with Gasteiger partial charge in [-0.05, 0) is 44.1 Å². The number of thioether (sulfide) groups is 1. The summed E-state index contributed by atoms with van der Waals surface area (Å²) < 4.78 is 0. The first-order chi connectivity index (χ1) is 15.3. The van der Waals surface area contributed by atoms with Gasteiger partial charge >= 0.3 is 11.9 Å². The van der Waals surface area contributed by atoms with E-state index in [2.05, 4.69) is 16.0 Å². The van der Waals surface area contributed by atoms with Gasteiger partial charge in [0.05, 0.1) is 12.1 Å². The van der Waals surface area contributed by atoms with Gasteiger partial charge < -0.3 is 37.0 Å². The molecule has 0 aliphatic carbocycles. The molecule has 0 heterocycles. The molecule has 0 radical (unpaired) electrons. The number of aliphatic hydroxyl groups is 1. The SMILES string of the molecule is CSCC[C@H](N)C(=O)N[C@@H](CCC(=O)O)C(=O)N[C@@H](CC(C)C)C(=O)N[C@H](C(=O)O)[C@@H](C)O. The van der Waals surface area contributed by atoms with E-state index in [4.69, 9.17) is 10.8 Å². The lowest BCUT2D eigenvalue weighted by Gasteiger charge is -2.26. The van der Waals surface area contributed by atoms with Gasteiger partial charge in [0.2, 0.25) is 17.7 Å². The minimum absolute atomic E-state index is 0.0806. The van der Waals surface area contributed by atoms with Crippen LogP contribution in [0, 0.1) is 5.92 Å². The van der Waals surface area contributed by atoms with Crippen LogP contribution in [-0.2, 0) is 24.0 Å². The lowest BCUT2D eigenvalue weighted by molar-refractivity contribution is -0.145. The zero-order valence-corrected chi connectivity index (χ0v) is 20.2. The van der Waals surface area contributed by atoms with E-state index in [1.807, 2.05) is 6.26 Å². The molecule has 0 bridgehead atoms. The molecule has 33 heavy (non-hydrogen) atoms. The van der Waals surface area contributed by atoms with Crippen LogP contribution in [0.25, 0.3) is 0 Å². The monoisotopic (exact) mass is 492 g/mol. The number of nitrogens with one attached hydrogen (secondary N) is 3. The molecule has 0 aliphatic rings. The first-order valence-electron chi connectivity index (χ1n) is 10.6. The van der Waals surface area contributed by atoms with Gasteiger partial charge in [-0.25, -0.2) is 4.79 Å². The Morgan fingerprint density at radius 1 is 0.879 bits per heavy atom. The van der Waals surface area contributed by atoms with E-state index in [-0.39, 0.29) is 18.8 Å². The van der Waals surface area contributed by atoms with Crippen molar-refractivity contribution in [3.8, 4) is 0 Å². The molecule has 0 rings (SSSR count). The molecular formula is C20H36N4O8S. The predicted molar refractivity (Wildman–Crippen MR) is 122 cm³/mol. The molecule has 0 aromatic rings. The highest BCUT2D eigenvalue weighted by molar-refractivity contribution is 7.98. The fourth-order valence-electron chi connectivity index (χ4n) is 2.81. The molecule has 0 spiro atoms. The molecule has 12 nitrogen and oxygen atoms in total. The van der Waals surface area contributed by atoms with Crippen LogP contribution in [0.1, 0.15) is 46.5 Å². The zero-order chi connectivity index (χ0) is 25.7. The summed E-state index contributed by atoms with van der Waals surface area (Å²) in [6.45, 7) is 4.77. The highest BCUT2D eigenvalue weighted by Crippen LogP contribution is 2.09. The normalized spacial score (nSPS) is 15.6. The molecule has 0 saturated carbocycles. The Labute approximate surface area is 197 Å². The number of aliphatic carboxylic acids is 2. The maximum Gasteiger partial charge on any atom is 0.328 e. The van der Waals surface area contributed by atoms with Crippen molar-refractivity contribution in [2.45, 2.75) is 76.7 Å². The van der Waals surface area contributed by atoms with Crippen LogP contribution in [-0.4, -0.2) is 87.3 Å². The second-order valence-electron chi connectivity index (χ2n) is 8.14. The van der Waals surface area contributed by atoms with Gasteiger partial charge in [-0.1, -0.05) is 13.8 Å². The third kappa shape index (κ3) is 12.4. The maximum absolute atomic E-state index is 12.9. The van der Waals surface area contributed by atoms with Gasteiger partial charge in [0.25, 0.3) is 0 Å². The van der Waals surface area contributed by atoms with Gasteiger partial charge in [0, 0.05) is 6.42 Å². The Morgan fingerprint density at radius 2 is 1.42 bits per heavy atom. The first-order valence-corrected chi connectivity index (χ1v) is 12.0. The van der Waals surface area contributed by atoms with Crippen LogP contribution in [0.4, 0.5) is 0 Å². The number of aliphatic hydroxyl groups excluding tert-OH is 1. The first kappa shape index (κ1) is 30.6. The van der Waals surface area contributed by atoms with Crippen molar-refractivity contribution in [3.05, 3.63) is 0 Å². The molecular weight excluding hydrogens is 456 g/mol. The van der Waals surface area contributed by atoms with E-state index in [9.17, 15) is 34.2 Å². The smallest absolute Gasteiger partial charge is 0.328 e. The minimum Gasteiger partial charge on any atom is -0.481 e. The summed E-state index contributed by atoms with van der Waals surface area (Å²) in [7, 11) is 0. The predicted octanol–water partition coefficient (Wildman–Crippen LogP) is -1.10. The summed E-state index contributed by atoms with van der Waals surface area (Å²) in [4.78, 5) is 60.2. The highest BCUT2D eigenvalue weighted by atomic mass is 32.2. The maximum atomic E-state index is 12.9. The van der Waals surface area contributed by atoms with Gasteiger partial charge in [-0.2, -0.15) is 11.8 Å². The third-order valence-electron chi connectivity index (χ3n) is 4.64. The second kappa shape index (κ2) is 15.5. The fourth-order valence-corrected chi connectivity index (χ4v) is 3.30. The van der Waals surface area contributed by atoms with Crippen LogP contribution in [0.15, 0.2) is 0 Å². The summed E-state index contributed by atoms with van der Waals surface area (Å²) in [6.07, 6.45) is 0.310. The molecule has 0 saturated heterocycles. The van der Waals surface area contributed by atoms with Crippen molar-refractivity contribution in [2.24, 2.45) is 11.7 Å². The quantitative estimate of drug-likeness (QED) is 0.138. The summed E-state index contributed by atoms with van der Waals surface area (Å²) >= 11 is 1.49. The Hall–Kier alpha value is -2.38. The van der Waals surface area contributed by atoms with Gasteiger partial charge in [-0.3, -0.25) is 19.2 Å². The number of nitrogens with two attached hydrogens (primary N) is 1. The standard InChI is InChI=1S/C20H36N4O8S/c1-10(2)9-14(19(30)24-16(11(3)25)20(31)32)23-18(29)13(5-6-15(26)27)22-17(28)12(21)7-8-33-4/h10-14,16,25H,5-9,21H2,1-4H3,(H,22,28)(H,23,29)(H,24,30)(H,26,27)(H,31,32)/t11-,12+,13+,14+,16+/m1/s1. The fraction of sp³-hybridized carbons (Fsp3) is 0.750. The summed E-state index contributed by atoms with van der Waals surface area (Å²) in [5.74, 6) is -4.34. The Balaban J connectivity index is 5.51. The highest BCUT2D eigenvalue weighted by Gasteiger charge is 2.32. The Morgan fingerprint density at radius 3 is 1.88 bits per heavy atom. The lowest BCUT2D eigenvalue weighted by atomic mass is 10.0. The molecule has 0 fully saturated rings. The van der Waals surface area contributed by atoms with E-state index in [1.165, 1.54) is 18.7 Å². The van der Waals surface area contributed by atoms with E-state index in [1.54, 1.807) is 13.8 Å². The number of carboxylic acid groups (broad SMARTS) is 2. The average molecular weight is 493 g/mol. The Bertz CT molecular complexity index is 689. The van der Waals surface area contributed by atoms with Crippen LogP contribution < -0.4 is 21.7 Å². The van der Waals surface area contributed by atoms with Crippen molar-refractivity contribution in [2.75, 3.05) is 12.0 Å². The van der Waals surface area contributed by atoms with Crippen LogP contribution in [0.5, 0.6) is 0 Å². The lowest BCUT2D eigenvalue weighted by Crippen LogP contribution is -2.58. The van der Waals surface area contributed by atoms with E-state index in [0.717, 1.165) is 0 Å². The Kier molecular flexibility index (Phi) is 14.3. The minimum atomic E-state index is -1.58. The number of carboxylic acids is 2. The summed E-state index contributed by atoms with van der Waals surface area (Å²) in [5.41, 5.74) is 5.82. The van der Waals surface area contributed by atoms with Crippen LogP contribution in [0.2, 0.25) is 0 Å². The molecule has 0 aromatic carbocycles. The van der Waals surface area contributed by atoms with Gasteiger partial charge in [0.1, 0.15) is 12.1 Å². The number of hydrogen-bond acceptors (Lipinski definition) is 8. The number of carbonyl (C=O) groups is 5. The molecule has 190 valence electrons. The second-order valence-corrected chi connectivity index (χ2v) is 9.12. The van der Waals surface area contributed by atoms with Crippen molar-refractivity contribution in [1.82, 2.24) is 16.0 Å².